The monoisotopic (exact) mass is 279 g/mol. The second-order valence-electron chi connectivity index (χ2n) is 3.09. The number of benzene rings is 1. The quantitative estimate of drug-likeness (QED) is 0.824. The normalized spacial score (nSPS) is 13.4. The number of hydrogen-bond donors (Lipinski definition) is 1. The summed E-state index contributed by atoms with van der Waals surface area (Å²) in [5.41, 5.74) is 2.60. The van der Waals surface area contributed by atoms with Gasteiger partial charge in [0.1, 0.15) is 5.82 Å². The Hall–Kier alpha value is -0.950. The summed E-state index contributed by atoms with van der Waals surface area (Å²) >= 11 is 0. The van der Waals surface area contributed by atoms with Crippen LogP contribution in [0.3, 0.4) is 0 Å². The number of alkyl halides is 5. The van der Waals surface area contributed by atoms with Crippen LogP contribution in [0.1, 0.15) is 17.2 Å². The zero-order valence-electron chi connectivity index (χ0n) is 8.14. The molecule has 0 aliphatic rings. The van der Waals surface area contributed by atoms with Crippen LogP contribution >= 0.6 is 12.4 Å². The molecule has 0 amide bonds. The van der Waals surface area contributed by atoms with Crippen LogP contribution in [0, 0.1) is 5.82 Å². The molecule has 0 saturated carbocycles. The van der Waals surface area contributed by atoms with Crippen molar-refractivity contribution >= 4 is 12.4 Å². The zero-order chi connectivity index (χ0) is 12.5. The number of rotatable bonds is 2. The Kier molecular flexibility index (Phi) is 5.28. The molecule has 98 valence electrons. The first-order chi connectivity index (χ1) is 7.23. The van der Waals surface area contributed by atoms with Gasteiger partial charge in [-0.15, -0.1) is 12.4 Å². The summed E-state index contributed by atoms with van der Waals surface area (Å²) in [6.07, 6.45) is -8.03. The molecule has 0 aliphatic heterocycles. The van der Waals surface area contributed by atoms with Crippen LogP contribution in [0.25, 0.3) is 0 Å². The minimum Gasteiger partial charge on any atom is -0.319 e. The lowest BCUT2D eigenvalue weighted by molar-refractivity contribution is -0.138. The van der Waals surface area contributed by atoms with Gasteiger partial charge in [0.05, 0.1) is 11.6 Å². The predicted molar refractivity (Wildman–Crippen MR) is 51.6 cm³/mol. The van der Waals surface area contributed by atoms with Gasteiger partial charge in [0.15, 0.2) is 0 Å². The van der Waals surface area contributed by atoms with Gasteiger partial charge in [-0.25, -0.2) is 13.2 Å². The van der Waals surface area contributed by atoms with Gasteiger partial charge in [0.25, 0.3) is 6.43 Å². The Morgan fingerprint density at radius 1 is 1.12 bits per heavy atom. The average molecular weight is 280 g/mol. The van der Waals surface area contributed by atoms with E-state index in [4.69, 9.17) is 5.73 Å². The lowest BCUT2D eigenvalue weighted by Gasteiger charge is -2.17. The van der Waals surface area contributed by atoms with Crippen LogP contribution in [-0.4, -0.2) is 6.43 Å². The number of hydrogen-bond acceptors (Lipinski definition) is 1. The Labute approximate surface area is 99.0 Å². The average Bonchev–Trinajstić information content (AvgIpc) is 2.14. The van der Waals surface area contributed by atoms with Crippen molar-refractivity contribution in [1.82, 2.24) is 0 Å². The van der Waals surface area contributed by atoms with Gasteiger partial charge >= 0.3 is 6.18 Å². The first-order valence-corrected chi connectivity index (χ1v) is 4.14. The summed E-state index contributed by atoms with van der Waals surface area (Å²) < 4.78 is 74.2. The molecular weight excluding hydrogens is 272 g/mol. The summed E-state index contributed by atoms with van der Waals surface area (Å²) in [5.74, 6) is -1.04. The lowest BCUT2D eigenvalue weighted by atomic mass is 10.0. The highest BCUT2D eigenvalue weighted by Crippen LogP contribution is 2.35. The van der Waals surface area contributed by atoms with Gasteiger partial charge in [-0.3, -0.25) is 0 Å². The Bertz CT molecular complexity index is 378. The summed E-state index contributed by atoms with van der Waals surface area (Å²) in [5, 5.41) is 0. The molecule has 0 radical (unpaired) electrons. The van der Waals surface area contributed by atoms with Gasteiger partial charge in [0.2, 0.25) is 0 Å². The van der Waals surface area contributed by atoms with Gasteiger partial charge in [-0.2, -0.15) is 13.2 Å². The minimum absolute atomic E-state index is 0. The summed E-state index contributed by atoms with van der Waals surface area (Å²) in [6.45, 7) is 0. The van der Waals surface area contributed by atoms with E-state index in [1.54, 1.807) is 0 Å². The second kappa shape index (κ2) is 5.59. The smallest absolute Gasteiger partial charge is 0.319 e. The highest BCUT2D eigenvalue weighted by molar-refractivity contribution is 5.85. The molecule has 8 heteroatoms. The van der Waals surface area contributed by atoms with Crippen LogP contribution in [0.5, 0.6) is 0 Å². The maximum absolute atomic E-state index is 12.7. The molecule has 1 nitrogen and oxygen atoms in total. The molecule has 0 fully saturated rings. The van der Waals surface area contributed by atoms with E-state index >= 15 is 0 Å². The number of nitrogens with two attached hydrogens (primary N) is 1. The van der Waals surface area contributed by atoms with E-state index in [9.17, 15) is 26.3 Å². The fraction of sp³-hybridized carbons (Fsp3) is 0.333. The highest BCUT2D eigenvalue weighted by atomic mass is 35.5. The van der Waals surface area contributed by atoms with Crippen molar-refractivity contribution in [3.8, 4) is 0 Å². The van der Waals surface area contributed by atoms with Gasteiger partial charge < -0.3 is 5.73 Å². The Balaban J connectivity index is 0.00000256. The standard InChI is InChI=1S/C9H7F6N.ClH/c10-4-1-2-6(9(13,14)15)5(3-4)7(16)8(11)12;/h1-3,7-8H,16H2;1H/t7-;/m0./s1. The van der Waals surface area contributed by atoms with Crippen molar-refractivity contribution in [3.63, 3.8) is 0 Å². The van der Waals surface area contributed by atoms with Crippen LogP contribution in [-0.2, 0) is 6.18 Å². The zero-order valence-corrected chi connectivity index (χ0v) is 8.96. The van der Waals surface area contributed by atoms with Crippen molar-refractivity contribution in [2.75, 3.05) is 0 Å². The van der Waals surface area contributed by atoms with Gasteiger partial charge in [-0.1, -0.05) is 0 Å². The van der Waals surface area contributed by atoms with E-state index in [-0.39, 0.29) is 12.4 Å². The molecule has 0 aliphatic carbocycles. The molecule has 2 N–H and O–H groups in total. The van der Waals surface area contributed by atoms with Crippen LogP contribution < -0.4 is 5.73 Å². The SMILES string of the molecule is Cl.N[C@@H](c1cc(F)ccc1C(F)(F)F)C(F)F. The second-order valence-corrected chi connectivity index (χ2v) is 3.09. The maximum atomic E-state index is 12.7. The van der Waals surface area contributed by atoms with Crippen LogP contribution in [0.15, 0.2) is 18.2 Å². The first kappa shape index (κ1) is 16.1. The summed E-state index contributed by atoms with van der Waals surface area (Å²) in [7, 11) is 0. The maximum Gasteiger partial charge on any atom is 0.416 e. The largest absolute Gasteiger partial charge is 0.416 e. The van der Waals surface area contributed by atoms with Gasteiger partial charge in [0, 0.05) is 0 Å². The predicted octanol–water partition coefficient (Wildman–Crippen LogP) is 3.53. The third-order valence-electron chi connectivity index (χ3n) is 1.95. The van der Waals surface area contributed by atoms with Crippen molar-refractivity contribution in [2.24, 2.45) is 5.73 Å². The Morgan fingerprint density at radius 2 is 1.65 bits per heavy atom. The van der Waals surface area contributed by atoms with Crippen molar-refractivity contribution in [2.45, 2.75) is 18.6 Å². The van der Waals surface area contributed by atoms with Crippen molar-refractivity contribution in [3.05, 3.63) is 35.1 Å². The number of halogens is 7. The minimum atomic E-state index is -4.84. The van der Waals surface area contributed by atoms with Gasteiger partial charge in [-0.05, 0) is 23.8 Å². The summed E-state index contributed by atoms with van der Waals surface area (Å²) in [6, 6.07) is -0.843. The fourth-order valence-electron chi connectivity index (χ4n) is 1.20. The first-order valence-electron chi connectivity index (χ1n) is 4.14. The fourth-order valence-corrected chi connectivity index (χ4v) is 1.20. The molecule has 0 unspecified atom stereocenters. The topological polar surface area (TPSA) is 26.0 Å². The molecule has 1 aromatic carbocycles. The molecule has 0 aromatic heterocycles. The van der Waals surface area contributed by atoms with E-state index in [0.29, 0.717) is 18.2 Å². The highest BCUT2D eigenvalue weighted by Gasteiger charge is 2.36. The molecule has 1 rings (SSSR count). The van der Waals surface area contributed by atoms with E-state index in [2.05, 4.69) is 0 Å². The Morgan fingerprint density at radius 3 is 2.06 bits per heavy atom. The molecule has 0 spiro atoms. The van der Waals surface area contributed by atoms with Crippen molar-refractivity contribution < 1.29 is 26.3 Å². The molecule has 17 heavy (non-hydrogen) atoms. The molecular formula is C9H8ClF6N. The summed E-state index contributed by atoms with van der Waals surface area (Å²) in [4.78, 5) is 0. The molecule has 0 heterocycles. The van der Waals surface area contributed by atoms with Crippen LogP contribution in [0.4, 0.5) is 26.3 Å². The lowest BCUT2D eigenvalue weighted by Crippen LogP contribution is -2.23. The van der Waals surface area contributed by atoms with Crippen LogP contribution in [0.2, 0.25) is 0 Å². The van der Waals surface area contributed by atoms with E-state index < -0.39 is 35.6 Å². The third kappa shape index (κ3) is 3.78. The van der Waals surface area contributed by atoms with E-state index in [1.165, 1.54) is 0 Å². The molecule has 0 bridgehead atoms. The van der Waals surface area contributed by atoms with E-state index in [0.717, 1.165) is 0 Å². The third-order valence-corrected chi connectivity index (χ3v) is 1.95. The molecule has 1 aromatic rings. The van der Waals surface area contributed by atoms with Crippen molar-refractivity contribution in [1.29, 1.82) is 0 Å². The molecule has 0 saturated heterocycles. The molecule has 1 atom stereocenters. The van der Waals surface area contributed by atoms with E-state index in [1.807, 2.05) is 0 Å².